The van der Waals surface area contributed by atoms with Crippen LogP contribution in [0.1, 0.15) is 36.9 Å². The van der Waals surface area contributed by atoms with Crippen LogP contribution in [0.5, 0.6) is 0 Å². The number of pyridine rings is 1. The van der Waals surface area contributed by atoms with E-state index in [1.54, 1.807) is 12.3 Å². The quantitative estimate of drug-likeness (QED) is 0.835. The molecule has 2 aromatic rings. The van der Waals surface area contributed by atoms with Crippen molar-refractivity contribution >= 4 is 17.6 Å². The largest absolute Gasteiger partial charge is 0.342 e. The highest BCUT2D eigenvalue weighted by atomic mass is 16.2. The Morgan fingerprint density at radius 1 is 1.14 bits per heavy atom. The van der Waals surface area contributed by atoms with Gasteiger partial charge in [0, 0.05) is 31.2 Å². The van der Waals surface area contributed by atoms with E-state index < -0.39 is 0 Å². The summed E-state index contributed by atoms with van der Waals surface area (Å²) in [5.74, 6) is 0.180. The molecule has 1 aliphatic heterocycles. The molecule has 0 bridgehead atoms. The molecule has 1 aromatic carbocycles. The summed E-state index contributed by atoms with van der Waals surface area (Å²) < 4.78 is 0. The van der Waals surface area contributed by atoms with Gasteiger partial charge in [0.25, 0.3) is 0 Å². The van der Waals surface area contributed by atoms with Crippen molar-refractivity contribution in [3.63, 3.8) is 0 Å². The van der Waals surface area contributed by atoms with Gasteiger partial charge in [-0.1, -0.05) is 43.3 Å². The molecule has 2 amide bonds. The summed E-state index contributed by atoms with van der Waals surface area (Å²) in [5.41, 5.74) is 8.31. The normalized spacial score (nSPS) is 17.0. The SMILES string of the molecule is Cc1ccc(NC(=O)C2CCN(C(=O)C(C)C(N)c3ccccc3)CC2)nc1. The van der Waals surface area contributed by atoms with Gasteiger partial charge >= 0.3 is 0 Å². The van der Waals surface area contributed by atoms with E-state index in [0.717, 1.165) is 11.1 Å². The highest BCUT2D eigenvalue weighted by Crippen LogP contribution is 2.25. The maximum Gasteiger partial charge on any atom is 0.228 e. The van der Waals surface area contributed by atoms with Gasteiger partial charge in [-0.2, -0.15) is 0 Å². The Morgan fingerprint density at radius 3 is 2.43 bits per heavy atom. The van der Waals surface area contributed by atoms with Gasteiger partial charge in [0.05, 0.1) is 5.92 Å². The van der Waals surface area contributed by atoms with Gasteiger partial charge in [-0.05, 0) is 37.0 Å². The van der Waals surface area contributed by atoms with Gasteiger partial charge in [-0.15, -0.1) is 0 Å². The number of nitrogens with two attached hydrogens (primary N) is 1. The second kappa shape index (κ2) is 8.97. The van der Waals surface area contributed by atoms with E-state index in [1.165, 1.54) is 0 Å². The van der Waals surface area contributed by atoms with Crippen molar-refractivity contribution in [2.24, 2.45) is 17.6 Å². The predicted molar refractivity (Wildman–Crippen MR) is 109 cm³/mol. The Bertz CT molecular complexity index is 799. The van der Waals surface area contributed by atoms with Crippen LogP contribution in [0.3, 0.4) is 0 Å². The average Bonchev–Trinajstić information content (AvgIpc) is 2.74. The minimum absolute atomic E-state index is 0.0301. The fourth-order valence-electron chi connectivity index (χ4n) is 3.54. The first-order chi connectivity index (χ1) is 13.5. The molecule has 0 spiro atoms. The molecule has 0 aliphatic carbocycles. The summed E-state index contributed by atoms with van der Waals surface area (Å²) in [4.78, 5) is 31.4. The Kier molecular flexibility index (Phi) is 6.41. The van der Waals surface area contributed by atoms with E-state index in [0.29, 0.717) is 31.7 Å². The van der Waals surface area contributed by atoms with Crippen LogP contribution in [-0.4, -0.2) is 34.8 Å². The average molecular weight is 380 g/mol. The lowest BCUT2D eigenvalue weighted by Gasteiger charge is -2.34. The lowest BCUT2D eigenvalue weighted by atomic mass is 9.91. The number of aromatic nitrogens is 1. The second-order valence-electron chi connectivity index (χ2n) is 7.53. The Morgan fingerprint density at radius 2 is 1.82 bits per heavy atom. The lowest BCUT2D eigenvalue weighted by Crippen LogP contribution is -2.45. The molecule has 0 radical (unpaired) electrons. The van der Waals surface area contributed by atoms with Crippen LogP contribution >= 0.6 is 0 Å². The highest BCUT2D eigenvalue weighted by molar-refractivity contribution is 5.92. The Hall–Kier alpha value is -2.73. The van der Waals surface area contributed by atoms with Gasteiger partial charge in [0.1, 0.15) is 5.82 Å². The van der Waals surface area contributed by atoms with Crippen LogP contribution in [0, 0.1) is 18.8 Å². The molecule has 2 unspecified atom stereocenters. The number of aryl methyl sites for hydroxylation is 1. The van der Waals surface area contributed by atoms with Crippen molar-refractivity contribution in [1.82, 2.24) is 9.88 Å². The number of carbonyl (C=O) groups excluding carboxylic acids is 2. The van der Waals surface area contributed by atoms with Crippen molar-refractivity contribution < 1.29 is 9.59 Å². The first-order valence-electron chi connectivity index (χ1n) is 9.78. The van der Waals surface area contributed by atoms with Gasteiger partial charge < -0.3 is 16.0 Å². The van der Waals surface area contributed by atoms with Crippen LogP contribution in [0.4, 0.5) is 5.82 Å². The zero-order chi connectivity index (χ0) is 20.1. The molecular weight excluding hydrogens is 352 g/mol. The smallest absolute Gasteiger partial charge is 0.228 e. The van der Waals surface area contributed by atoms with E-state index in [1.807, 2.05) is 55.1 Å². The van der Waals surface area contributed by atoms with Crippen molar-refractivity contribution in [1.29, 1.82) is 0 Å². The molecule has 6 nitrogen and oxygen atoms in total. The lowest BCUT2D eigenvalue weighted by molar-refractivity contribution is -0.138. The first kappa shape index (κ1) is 20.0. The first-order valence-corrected chi connectivity index (χ1v) is 9.78. The molecule has 6 heteroatoms. The zero-order valence-corrected chi connectivity index (χ0v) is 16.5. The molecule has 2 heterocycles. The van der Waals surface area contributed by atoms with Crippen LogP contribution in [0.15, 0.2) is 48.7 Å². The summed E-state index contributed by atoms with van der Waals surface area (Å²) in [7, 11) is 0. The fraction of sp³-hybridized carbons (Fsp3) is 0.409. The molecule has 3 rings (SSSR count). The molecule has 1 saturated heterocycles. The molecule has 1 aliphatic rings. The number of nitrogens with zero attached hydrogens (tertiary/aromatic N) is 2. The summed E-state index contributed by atoms with van der Waals surface area (Å²) in [6.07, 6.45) is 3.03. The topological polar surface area (TPSA) is 88.3 Å². The van der Waals surface area contributed by atoms with Gasteiger partial charge in [-0.25, -0.2) is 4.98 Å². The zero-order valence-electron chi connectivity index (χ0n) is 16.5. The maximum absolute atomic E-state index is 12.8. The number of benzene rings is 1. The molecule has 28 heavy (non-hydrogen) atoms. The third-order valence-electron chi connectivity index (χ3n) is 5.45. The van der Waals surface area contributed by atoms with Crippen LogP contribution in [0.25, 0.3) is 0 Å². The summed E-state index contributed by atoms with van der Waals surface area (Å²) >= 11 is 0. The summed E-state index contributed by atoms with van der Waals surface area (Å²) in [5, 5.41) is 2.87. The van der Waals surface area contributed by atoms with E-state index >= 15 is 0 Å². The predicted octanol–water partition coefficient (Wildman–Crippen LogP) is 2.90. The highest BCUT2D eigenvalue weighted by Gasteiger charge is 2.31. The number of piperidine rings is 1. The molecule has 2 atom stereocenters. The number of hydrogen-bond donors (Lipinski definition) is 2. The Labute approximate surface area is 166 Å². The fourth-order valence-corrected chi connectivity index (χ4v) is 3.54. The second-order valence-corrected chi connectivity index (χ2v) is 7.53. The minimum atomic E-state index is -0.331. The maximum atomic E-state index is 12.8. The van der Waals surface area contributed by atoms with Gasteiger partial charge in [0.2, 0.25) is 11.8 Å². The van der Waals surface area contributed by atoms with E-state index in [4.69, 9.17) is 5.73 Å². The minimum Gasteiger partial charge on any atom is -0.342 e. The van der Waals surface area contributed by atoms with Gasteiger partial charge in [-0.3, -0.25) is 9.59 Å². The molecule has 1 aromatic heterocycles. The van der Waals surface area contributed by atoms with Crippen molar-refractivity contribution in [2.75, 3.05) is 18.4 Å². The van der Waals surface area contributed by atoms with Crippen LogP contribution in [-0.2, 0) is 9.59 Å². The molecule has 148 valence electrons. The number of hydrogen-bond acceptors (Lipinski definition) is 4. The summed E-state index contributed by atoms with van der Waals surface area (Å²) in [6, 6.07) is 13.1. The number of rotatable bonds is 5. The van der Waals surface area contributed by atoms with E-state index in [9.17, 15) is 9.59 Å². The Balaban J connectivity index is 1.52. The summed E-state index contributed by atoms with van der Waals surface area (Å²) in [6.45, 7) is 4.98. The van der Waals surface area contributed by atoms with Crippen LogP contribution < -0.4 is 11.1 Å². The molecule has 1 fully saturated rings. The van der Waals surface area contributed by atoms with Crippen molar-refractivity contribution in [3.8, 4) is 0 Å². The standard InChI is InChI=1S/C22H28N4O2/c1-15-8-9-19(24-14-15)25-21(27)18-10-12-26(13-11-18)22(28)16(2)20(23)17-6-4-3-5-7-17/h3-9,14,16,18,20H,10-13,23H2,1-2H3,(H,24,25,27). The number of nitrogens with one attached hydrogen (secondary N) is 1. The van der Waals surface area contributed by atoms with Crippen molar-refractivity contribution in [2.45, 2.75) is 32.7 Å². The third-order valence-corrected chi connectivity index (χ3v) is 5.45. The third kappa shape index (κ3) is 4.75. The molecule has 3 N–H and O–H groups in total. The molecular formula is C22H28N4O2. The van der Waals surface area contributed by atoms with Crippen molar-refractivity contribution in [3.05, 3.63) is 59.8 Å². The van der Waals surface area contributed by atoms with Gasteiger partial charge in [0.15, 0.2) is 0 Å². The van der Waals surface area contributed by atoms with E-state index in [2.05, 4.69) is 10.3 Å². The molecule has 0 saturated carbocycles. The number of carbonyl (C=O) groups is 2. The van der Waals surface area contributed by atoms with Crippen LogP contribution in [0.2, 0.25) is 0 Å². The van der Waals surface area contributed by atoms with E-state index in [-0.39, 0.29) is 29.7 Å². The monoisotopic (exact) mass is 380 g/mol. The number of anilines is 1. The number of likely N-dealkylation sites (tertiary alicyclic amines) is 1. The number of amides is 2.